The molecule has 1 amide bonds. The van der Waals surface area contributed by atoms with Crippen LogP contribution in [0.5, 0.6) is 0 Å². The van der Waals surface area contributed by atoms with E-state index < -0.39 is 0 Å². The number of nitrogens with zero attached hydrogens (tertiary/aromatic N) is 2. The van der Waals surface area contributed by atoms with Gasteiger partial charge in [0.15, 0.2) is 0 Å². The fraction of sp³-hybridized carbons (Fsp3) is 0.105. The van der Waals surface area contributed by atoms with Gasteiger partial charge in [0.25, 0.3) is 0 Å². The second-order valence-corrected chi connectivity index (χ2v) is 6.92. The maximum absolute atomic E-state index is 13.1. The van der Waals surface area contributed by atoms with Gasteiger partial charge in [-0.05, 0) is 49.4 Å². The minimum absolute atomic E-state index is 0.0317. The summed E-state index contributed by atoms with van der Waals surface area (Å²) < 4.78 is 14.5. The zero-order chi connectivity index (χ0) is 19.0. The third-order valence-corrected chi connectivity index (χ3v) is 5.04. The Morgan fingerprint density at radius 2 is 2.04 bits per heavy atom. The van der Waals surface area contributed by atoms with Gasteiger partial charge in [-0.3, -0.25) is 14.2 Å². The molecule has 2 heterocycles. The molecule has 2 aromatic heterocycles. The van der Waals surface area contributed by atoms with Gasteiger partial charge in [-0.1, -0.05) is 11.3 Å². The van der Waals surface area contributed by atoms with Gasteiger partial charge in [0.05, 0.1) is 11.0 Å². The number of aromatic amines is 1. The van der Waals surface area contributed by atoms with Crippen LogP contribution in [-0.4, -0.2) is 20.4 Å². The number of amides is 1. The first-order chi connectivity index (χ1) is 13.0. The van der Waals surface area contributed by atoms with Crippen LogP contribution in [0.1, 0.15) is 5.69 Å². The second kappa shape index (κ2) is 6.81. The van der Waals surface area contributed by atoms with Crippen LogP contribution < -0.4 is 10.2 Å². The van der Waals surface area contributed by atoms with Crippen LogP contribution in [0, 0.1) is 12.7 Å². The molecule has 6 nitrogen and oxygen atoms in total. The number of carbonyl (C=O) groups is 1. The molecule has 0 atom stereocenters. The number of nitrogens with one attached hydrogen (secondary N) is 2. The average Bonchev–Trinajstić information content (AvgIpc) is 3.20. The lowest BCUT2D eigenvalue weighted by molar-refractivity contribution is -0.116. The van der Waals surface area contributed by atoms with E-state index in [1.165, 1.54) is 16.7 Å². The molecule has 0 unspecified atom stereocenters. The average molecular weight is 382 g/mol. The molecule has 4 rings (SSSR count). The molecule has 4 aromatic rings. The van der Waals surface area contributed by atoms with Crippen molar-refractivity contribution in [2.45, 2.75) is 13.5 Å². The summed E-state index contributed by atoms with van der Waals surface area (Å²) in [7, 11) is 0. The maximum Gasteiger partial charge on any atom is 0.307 e. The van der Waals surface area contributed by atoms with Crippen LogP contribution in [-0.2, 0) is 11.3 Å². The molecule has 0 bridgehead atoms. The van der Waals surface area contributed by atoms with E-state index in [0.717, 1.165) is 33.6 Å². The highest BCUT2D eigenvalue weighted by molar-refractivity contribution is 7.07. The van der Waals surface area contributed by atoms with Crippen molar-refractivity contribution in [2.75, 3.05) is 5.32 Å². The van der Waals surface area contributed by atoms with Crippen LogP contribution in [0.2, 0.25) is 0 Å². The number of benzene rings is 2. The smallest absolute Gasteiger partial charge is 0.307 e. The van der Waals surface area contributed by atoms with Crippen LogP contribution in [0.15, 0.2) is 52.6 Å². The minimum atomic E-state index is -0.306. The molecule has 0 saturated heterocycles. The Labute approximate surface area is 157 Å². The number of hydrogen-bond donors (Lipinski definition) is 2. The summed E-state index contributed by atoms with van der Waals surface area (Å²) in [6.45, 7) is 1.76. The third kappa shape index (κ3) is 3.52. The Morgan fingerprint density at radius 1 is 1.26 bits per heavy atom. The molecule has 2 aromatic carbocycles. The molecule has 0 radical (unpaired) electrons. The molecule has 136 valence electrons. The molecule has 8 heteroatoms. The summed E-state index contributed by atoms with van der Waals surface area (Å²) in [6, 6.07) is 11.4. The highest BCUT2D eigenvalue weighted by Gasteiger charge is 2.10. The lowest BCUT2D eigenvalue weighted by atomic mass is 10.2. The SMILES string of the molecule is Cc1csc(=O)n1CC(=O)Nc1ccc2nc(-c3ccc(F)cc3)[nH]c2c1. The van der Waals surface area contributed by atoms with Crippen molar-refractivity contribution in [3.05, 3.63) is 69.0 Å². The highest BCUT2D eigenvalue weighted by atomic mass is 32.1. The van der Waals surface area contributed by atoms with E-state index >= 15 is 0 Å². The number of anilines is 1. The van der Waals surface area contributed by atoms with Gasteiger partial charge in [0, 0.05) is 22.3 Å². The molecular weight excluding hydrogens is 367 g/mol. The van der Waals surface area contributed by atoms with Crippen LogP contribution in [0.3, 0.4) is 0 Å². The first-order valence-corrected chi connectivity index (χ1v) is 9.08. The van der Waals surface area contributed by atoms with Crippen LogP contribution >= 0.6 is 11.3 Å². The highest BCUT2D eigenvalue weighted by Crippen LogP contribution is 2.23. The van der Waals surface area contributed by atoms with Gasteiger partial charge in [0.2, 0.25) is 5.91 Å². The molecule has 0 fully saturated rings. The topological polar surface area (TPSA) is 79.8 Å². The monoisotopic (exact) mass is 382 g/mol. The van der Waals surface area contributed by atoms with Gasteiger partial charge in [-0.2, -0.15) is 0 Å². The van der Waals surface area contributed by atoms with Crippen molar-refractivity contribution in [1.82, 2.24) is 14.5 Å². The van der Waals surface area contributed by atoms with Crippen LogP contribution in [0.25, 0.3) is 22.4 Å². The number of rotatable bonds is 4. The van der Waals surface area contributed by atoms with Gasteiger partial charge in [-0.25, -0.2) is 9.37 Å². The summed E-state index contributed by atoms with van der Waals surface area (Å²) in [5, 5.41) is 4.52. The zero-order valence-corrected chi connectivity index (χ0v) is 15.1. The van der Waals surface area contributed by atoms with E-state index in [-0.39, 0.29) is 23.1 Å². The van der Waals surface area contributed by atoms with Crippen molar-refractivity contribution in [3.63, 3.8) is 0 Å². The lowest BCUT2D eigenvalue weighted by Crippen LogP contribution is -2.25. The summed E-state index contributed by atoms with van der Waals surface area (Å²) in [5.41, 5.74) is 3.61. The number of imidazole rings is 1. The summed E-state index contributed by atoms with van der Waals surface area (Å²) in [6.07, 6.45) is 0. The summed E-state index contributed by atoms with van der Waals surface area (Å²) in [4.78, 5) is 31.5. The minimum Gasteiger partial charge on any atom is -0.338 e. The van der Waals surface area contributed by atoms with E-state index in [1.807, 2.05) is 0 Å². The molecule has 0 aliphatic heterocycles. The Bertz CT molecular complexity index is 1190. The molecule has 2 N–H and O–H groups in total. The standard InChI is InChI=1S/C19H15FN4O2S/c1-11-10-27-19(26)24(11)9-17(25)21-14-6-7-15-16(8-14)23-18(22-15)12-2-4-13(20)5-3-12/h2-8,10H,9H2,1H3,(H,21,25)(H,22,23). The Balaban J connectivity index is 1.55. The number of thiazole rings is 1. The molecule has 0 aliphatic carbocycles. The number of halogens is 1. The summed E-state index contributed by atoms with van der Waals surface area (Å²) in [5.74, 6) is 0.0324. The van der Waals surface area contributed by atoms with Gasteiger partial charge in [0.1, 0.15) is 18.2 Å². The zero-order valence-electron chi connectivity index (χ0n) is 14.3. The number of H-pyrrole nitrogens is 1. The molecular formula is C19H15FN4O2S. The Kier molecular flexibility index (Phi) is 4.33. The first kappa shape index (κ1) is 17.2. The van der Waals surface area contributed by atoms with Crippen molar-refractivity contribution in [2.24, 2.45) is 0 Å². The number of aromatic nitrogens is 3. The largest absolute Gasteiger partial charge is 0.338 e. The number of hydrogen-bond acceptors (Lipinski definition) is 4. The van der Waals surface area contributed by atoms with Crippen molar-refractivity contribution in [3.8, 4) is 11.4 Å². The fourth-order valence-electron chi connectivity index (χ4n) is 2.77. The van der Waals surface area contributed by atoms with Gasteiger partial charge in [-0.15, -0.1) is 0 Å². The summed E-state index contributed by atoms with van der Waals surface area (Å²) >= 11 is 1.07. The molecule has 27 heavy (non-hydrogen) atoms. The van der Waals surface area contributed by atoms with Gasteiger partial charge >= 0.3 is 4.87 Å². The molecule has 0 saturated carbocycles. The van der Waals surface area contributed by atoms with Crippen LogP contribution in [0.4, 0.5) is 10.1 Å². The number of fused-ring (bicyclic) bond motifs is 1. The Morgan fingerprint density at radius 3 is 2.74 bits per heavy atom. The van der Waals surface area contributed by atoms with E-state index in [4.69, 9.17) is 0 Å². The molecule has 0 spiro atoms. The fourth-order valence-corrected chi connectivity index (χ4v) is 3.51. The van der Waals surface area contributed by atoms with E-state index in [9.17, 15) is 14.0 Å². The number of aryl methyl sites for hydroxylation is 1. The quantitative estimate of drug-likeness (QED) is 0.567. The maximum atomic E-state index is 13.1. The lowest BCUT2D eigenvalue weighted by Gasteiger charge is -2.06. The van der Waals surface area contributed by atoms with Crippen molar-refractivity contribution in [1.29, 1.82) is 0 Å². The predicted octanol–water partition coefficient (Wildman–Crippen LogP) is 3.54. The molecule has 0 aliphatic rings. The predicted molar refractivity (Wildman–Crippen MR) is 103 cm³/mol. The van der Waals surface area contributed by atoms with Crippen molar-refractivity contribution < 1.29 is 9.18 Å². The van der Waals surface area contributed by atoms with Crippen molar-refractivity contribution >= 4 is 34.0 Å². The first-order valence-electron chi connectivity index (χ1n) is 8.20. The third-order valence-electron chi connectivity index (χ3n) is 4.16. The Hall–Kier alpha value is -3.26. The second-order valence-electron chi connectivity index (χ2n) is 6.10. The van der Waals surface area contributed by atoms with Gasteiger partial charge < -0.3 is 10.3 Å². The number of carbonyl (C=O) groups excluding carboxylic acids is 1. The van der Waals surface area contributed by atoms with E-state index in [1.54, 1.807) is 42.6 Å². The normalized spacial score (nSPS) is 11.0. The van der Waals surface area contributed by atoms with E-state index in [2.05, 4.69) is 15.3 Å². The van der Waals surface area contributed by atoms with E-state index in [0.29, 0.717) is 11.5 Å².